The van der Waals surface area contributed by atoms with Crippen molar-refractivity contribution >= 4 is 0 Å². The van der Waals surface area contributed by atoms with Crippen LogP contribution in [0.15, 0.2) is 103 Å². The molecule has 0 saturated carbocycles. The van der Waals surface area contributed by atoms with E-state index in [0.717, 1.165) is 148 Å². The van der Waals surface area contributed by atoms with Gasteiger partial charge in [0, 0.05) is 16.2 Å². The molecule has 0 bridgehead atoms. The zero-order chi connectivity index (χ0) is 59.2. The molecule has 7 heteroatoms. The maximum Gasteiger partial charge on any atom is 0.121 e. The van der Waals surface area contributed by atoms with Gasteiger partial charge in [0.1, 0.15) is 40.2 Å². The summed E-state index contributed by atoms with van der Waals surface area (Å²) in [6.07, 6.45) is 3.15. The molecule has 420 valence electrons. The van der Waals surface area contributed by atoms with E-state index >= 15 is 0 Å². The lowest BCUT2D eigenvalue weighted by molar-refractivity contribution is 0.427. The number of aromatic hydroxyl groups is 7. The third-order valence-corrected chi connectivity index (χ3v) is 17.5. The van der Waals surface area contributed by atoms with Gasteiger partial charge in [-0.15, -0.1) is 0 Å². The van der Waals surface area contributed by atoms with Crippen molar-refractivity contribution in [3.8, 4) is 51.4 Å². The summed E-state index contributed by atoms with van der Waals surface area (Å²) < 4.78 is 0. The zero-order valence-corrected chi connectivity index (χ0v) is 50.8. The predicted octanol–water partition coefficient (Wildman–Crippen LogP) is 17.5. The Kier molecular flexibility index (Phi) is 17.1. The Labute approximate surface area is 477 Å². The van der Waals surface area contributed by atoms with Gasteiger partial charge >= 0.3 is 0 Å². The lowest BCUT2D eigenvalue weighted by Crippen LogP contribution is -2.30. The quantitative estimate of drug-likeness (QED) is 0.0610. The molecule has 0 saturated heterocycles. The fraction of sp³-hybridized carbons (Fsp3) is 0.342. The van der Waals surface area contributed by atoms with Gasteiger partial charge in [-0.2, -0.15) is 0 Å². The Balaban J connectivity index is 0.000000231. The number of rotatable bonds is 13. The van der Waals surface area contributed by atoms with Gasteiger partial charge in [0.15, 0.2) is 0 Å². The summed E-state index contributed by atoms with van der Waals surface area (Å²) in [6, 6.07) is 36.0. The van der Waals surface area contributed by atoms with E-state index in [2.05, 4.69) is 131 Å². The maximum absolute atomic E-state index is 10.7. The molecule has 7 nitrogen and oxygen atoms in total. The Bertz CT molecular complexity index is 3310. The summed E-state index contributed by atoms with van der Waals surface area (Å²) in [5, 5.41) is 73.5. The van der Waals surface area contributed by atoms with Crippen LogP contribution in [0.1, 0.15) is 163 Å². The SMILES string of the molecule is Cc1cc(-c2cc(C(C)(C)c3cc(C)c(O)c(C)c3)cc(C(C)(C)c3cc(C)c(O)c(C)c3)c2)cc(C)c1O.Cc1cc(CCC(CCc2cc(C)c(O)c(C)c2)(c2cc(C)c(O)c(C)c2)c2cc(C)c(O)c(C)c2)cc(C)c1O. The van der Waals surface area contributed by atoms with Gasteiger partial charge in [-0.3, -0.25) is 0 Å². The van der Waals surface area contributed by atoms with E-state index in [1.165, 1.54) is 11.1 Å². The van der Waals surface area contributed by atoms with Crippen molar-refractivity contribution in [1.29, 1.82) is 0 Å². The lowest BCUT2D eigenvalue weighted by Gasteiger charge is -2.37. The molecule has 7 N–H and O–H groups in total. The summed E-state index contributed by atoms with van der Waals surface area (Å²) >= 11 is 0. The molecule has 0 spiro atoms. The highest BCUT2D eigenvalue weighted by Crippen LogP contribution is 2.47. The molecule has 0 unspecified atom stereocenters. The molecule has 8 rings (SSSR count). The molecule has 0 atom stereocenters. The van der Waals surface area contributed by atoms with Crippen LogP contribution in [-0.4, -0.2) is 35.7 Å². The third-order valence-electron chi connectivity index (χ3n) is 17.5. The highest BCUT2D eigenvalue weighted by molar-refractivity contribution is 5.71. The fourth-order valence-corrected chi connectivity index (χ4v) is 12.0. The van der Waals surface area contributed by atoms with Crippen molar-refractivity contribution < 1.29 is 35.7 Å². The van der Waals surface area contributed by atoms with Crippen LogP contribution in [0, 0.1) is 96.9 Å². The summed E-state index contributed by atoms with van der Waals surface area (Å²) in [5.74, 6) is 2.34. The van der Waals surface area contributed by atoms with E-state index in [0.29, 0.717) is 40.2 Å². The minimum Gasteiger partial charge on any atom is -0.507 e. The van der Waals surface area contributed by atoms with Crippen LogP contribution in [0.4, 0.5) is 0 Å². The van der Waals surface area contributed by atoms with Gasteiger partial charge in [0.2, 0.25) is 0 Å². The second-order valence-electron chi connectivity index (χ2n) is 24.6. The van der Waals surface area contributed by atoms with Crippen LogP contribution in [0.25, 0.3) is 11.1 Å². The molecule has 0 heterocycles. The van der Waals surface area contributed by atoms with Crippen molar-refractivity contribution in [3.63, 3.8) is 0 Å². The Morgan fingerprint density at radius 3 is 0.675 bits per heavy atom. The van der Waals surface area contributed by atoms with Crippen molar-refractivity contribution in [3.05, 3.63) is 226 Å². The number of phenolic OH excluding ortho intramolecular Hbond substituents is 7. The smallest absolute Gasteiger partial charge is 0.121 e. The number of benzene rings is 8. The summed E-state index contributed by atoms with van der Waals surface area (Å²) in [6.45, 7) is 36.1. The van der Waals surface area contributed by atoms with Crippen LogP contribution in [0.2, 0.25) is 0 Å². The lowest BCUT2D eigenvalue weighted by atomic mass is 9.66. The number of hydrogen-bond acceptors (Lipinski definition) is 7. The number of aryl methyl sites for hydroxylation is 16. The normalized spacial score (nSPS) is 11.9. The van der Waals surface area contributed by atoms with Gasteiger partial charge in [-0.1, -0.05) is 119 Å². The van der Waals surface area contributed by atoms with Crippen molar-refractivity contribution in [2.75, 3.05) is 0 Å². The molecule has 80 heavy (non-hydrogen) atoms. The van der Waals surface area contributed by atoms with Crippen LogP contribution >= 0.6 is 0 Å². The second-order valence-corrected chi connectivity index (χ2v) is 24.6. The zero-order valence-electron chi connectivity index (χ0n) is 50.8. The van der Waals surface area contributed by atoms with Crippen LogP contribution in [-0.2, 0) is 29.1 Å². The Morgan fingerprint density at radius 2 is 0.425 bits per heavy atom. The van der Waals surface area contributed by atoms with Gasteiger partial charge < -0.3 is 35.7 Å². The first-order chi connectivity index (χ1) is 37.3. The first-order valence-electron chi connectivity index (χ1n) is 28.0. The van der Waals surface area contributed by atoms with Crippen molar-refractivity contribution in [2.45, 2.75) is 167 Å². The molecule has 0 fully saturated rings. The van der Waals surface area contributed by atoms with Crippen LogP contribution < -0.4 is 0 Å². The number of hydrogen-bond donors (Lipinski definition) is 7. The molecular formula is C73H86O7. The van der Waals surface area contributed by atoms with E-state index in [1.807, 2.05) is 96.9 Å². The highest BCUT2D eigenvalue weighted by Gasteiger charge is 2.36. The standard InChI is InChI=1S/C37H44O4.C36H42O3/c1-21-13-29(14-22(2)33(21)38)9-11-37(31-17-25(5)35(40)26(6)18-31,32-19-27(7)36(41)28(8)20-32)12-10-30-15-23(3)34(39)24(4)16-30;1-20-11-26(12-21(2)32(20)37)27-17-30(35(7,8)28-13-22(3)33(38)23(4)14-28)19-31(18-27)36(9,10)29-15-24(5)34(39)25(6)16-29/h13-20,38-41H,9-12H2,1-8H3;11-19,37-39H,1-10H3. The van der Waals surface area contributed by atoms with Gasteiger partial charge in [0.05, 0.1) is 0 Å². The largest absolute Gasteiger partial charge is 0.507 e. The molecule has 0 amide bonds. The second kappa shape index (κ2) is 22.8. The molecular weight excluding hydrogens is 989 g/mol. The number of phenols is 7. The highest BCUT2D eigenvalue weighted by atomic mass is 16.3. The minimum atomic E-state index is -0.439. The minimum absolute atomic E-state index is 0.315. The molecule has 0 aromatic heterocycles. The molecule has 0 radical (unpaired) electrons. The summed E-state index contributed by atoms with van der Waals surface area (Å²) in [5.41, 5.74) is 22.3. The third kappa shape index (κ3) is 11.9. The van der Waals surface area contributed by atoms with E-state index in [4.69, 9.17) is 0 Å². The predicted molar refractivity (Wildman–Crippen MR) is 330 cm³/mol. The summed E-state index contributed by atoms with van der Waals surface area (Å²) in [4.78, 5) is 0. The maximum atomic E-state index is 10.7. The van der Waals surface area contributed by atoms with Gasteiger partial charge in [0.25, 0.3) is 0 Å². The van der Waals surface area contributed by atoms with Crippen molar-refractivity contribution in [1.82, 2.24) is 0 Å². The molecule has 0 aliphatic carbocycles. The van der Waals surface area contributed by atoms with E-state index in [1.54, 1.807) is 0 Å². The van der Waals surface area contributed by atoms with E-state index < -0.39 is 5.41 Å². The molecule has 8 aromatic rings. The average Bonchev–Trinajstić information content (AvgIpc) is 3.39. The topological polar surface area (TPSA) is 142 Å². The van der Waals surface area contributed by atoms with Gasteiger partial charge in [-0.05, 0) is 268 Å². The summed E-state index contributed by atoms with van der Waals surface area (Å²) in [7, 11) is 0. The van der Waals surface area contributed by atoms with Crippen LogP contribution in [0.5, 0.6) is 40.2 Å². The first kappa shape index (κ1) is 60.0. The van der Waals surface area contributed by atoms with E-state index in [-0.39, 0.29) is 10.8 Å². The Morgan fingerprint density at radius 1 is 0.237 bits per heavy atom. The van der Waals surface area contributed by atoms with Crippen molar-refractivity contribution in [2.24, 2.45) is 0 Å². The van der Waals surface area contributed by atoms with Gasteiger partial charge in [-0.25, -0.2) is 0 Å². The van der Waals surface area contributed by atoms with E-state index in [9.17, 15) is 35.7 Å². The fourth-order valence-electron chi connectivity index (χ4n) is 12.0. The average molecular weight is 1080 g/mol. The molecule has 0 aliphatic rings. The Hall–Kier alpha value is -7.64. The molecule has 8 aromatic carbocycles. The first-order valence-corrected chi connectivity index (χ1v) is 28.0. The van der Waals surface area contributed by atoms with Crippen LogP contribution in [0.3, 0.4) is 0 Å². The molecule has 0 aliphatic heterocycles. The monoisotopic (exact) mass is 1070 g/mol.